The molecular weight excluding hydrogens is 534 g/mol. The van der Waals surface area contributed by atoms with E-state index in [1.54, 1.807) is 36.3 Å². The van der Waals surface area contributed by atoms with Crippen LogP contribution in [0.25, 0.3) is 0 Å². The summed E-state index contributed by atoms with van der Waals surface area (Å²) in [4.78, 5) is 58.0. The molecule has 3 aromatic rings. The molecule has 3 unspecified atom stereocenters. The molecule has 0 radical (unpaired) electrons. The number of anilines is 1. The maximum absolute atomic E-state index is 13.8. The number of hydrogen-bond donors (Lipinski definition) is 0. The van der Waals surface area contributed by atoms with Gasteiger partial charge in [-0.05, 0) is 35.7 Å². The average Bonchev–Trinajstić information content (AvgIpc) is 3.62. The van der Waals surface area contributed by atoms with Crippen molar-refractivity contribution in [2.24, 2.45) is 5.92 Å². The minimum atomic E-state index is -0.701. The number of fused-ring (bicyclic) bond motifs is 2. The van der Waals surface area contributed by atoms with Crippen molar-refractivity contribution in [1.29, 1.82) is 0 Å². The molecule has 3 atom stereocenters. The fraction of sp³-hybridized carbons (Fsp3) is 0.360. The van der Waals surface area contributed by atoms with Crippen molar-refractivity contribution in [1.82, 2.24) is 9.47 Å². The number of imide groups is 1. The van der Waals surface area contributed by atoms with Crippen molar-refractivity contribution in [3.8, 4) is 5.75 Å². The Morgan fingerprint density at radius 3 is 2.51 bits per heavy atom. The summed E-state index contributed by atoms with van der Waals surface area (Å²) in [5.41, 5.74) is 0.485. The molecule has 1 aromatic carbocycles. The van der Waals surface area contributed by atoms with Crippen LogP contribution >= 0.6 is 34.4 Å². The summed E-state index contributed by atoms with van der Waals surface area (Å²) >= 11 is 3.79. The molecule has 0 spiro atoms. The zero-order chi connectivity index (χ0) is 25.7. The van der Waals surface area contributed by atoms with Crippen LogP contribution in [0.2, 0.25) is 0 Å². The number of carbonyl (C=O) groups is 3. The first-order valence-electron chi connectivity index (χ1n) is 11.8. The molecule has 192 valence electrons. The van der Waals surface area contributed by atoms with E-state index in [2.05, 4.69) is 0 Å². The van der Waals surface area contributed by atoms with Gasteiger partial charge in [-0.3, -0.25) is 23.7 Å². The minimum absolute atomic E-state index is 0.101. The Morgan fingerprint density at radius 2 is 1.84 bits per heavy atom. The van der Waals surface area contributed by atoms with Crippen LogP contribution in [-0.4, -0.2) is 65.9 Å². The molecule has 0 aliphatic carbocycles. The van der Waals surface area contributed by atoms with Gasteiger partial charge in [0.05, 0.1) is 37.0 Å². The Kier molecular flexibility index (Phi) is 6.43. The maximum Gasteiger partial charge on any atom is 0.308 e. The van der Waals surface area contributed by atoms with Gasteiger partial charge in [0.15, 0.2) is 0 Å². The standard InChI is InChI=1S/C25H23N3O6S3/c1-33-15-6-4-14(5-7-15)28-22(30)19-18(16-3-2-12-35-16)21-24(36-20(19)23(28)31)27(25(32)37-21)13-17(29)26-8-10-34-11-9-26/h2-7,12,18-20H,8-11,13H2,1H3. The summed E-state index contributed by atoms with van der Waals surface area (Å²) in [6, 6.07) is 10.7. The Labute approximate surface area is 224 Å². The van der Waals surface area contributed by atoms with E-state index in [0.717, 1.165) is 21.1 Å². The van der Waals surface area contributed by atoms with Gasteiger partial charge < -0.3 is 14.4 Å². The summed E-state index contributed by atoms with van der Waals surface area (Å²) < 4.78 is 12.0. The molecule has 6 rings (SSSR count). The van der Waals surface area contributed by atoms with Crippen LogP contribution < -0.4 is 14.5 Å². The fourth-order valence-electron chi connectivity index (χ4n) is 5.06. The normalized spacial score (nSPS) is 23.2. The Morgan fingerprint density at radius 1 is 1.08 bits per heavy atom. The molecule has 12 heteroatoms. The summed E-state index contributed by atoms with van der Waals surface area (Å²) in [5.74, 6) is -1.21. The second kappa shape index (κ2) is 9.75. The van der Waals surface area contributed by atoms with Crippen molar-refractivity contribution in [3.05, 3.63) is 61.2 Å². The van der Waals surface area contributed by atoms with Crippen LogP contribution in [0.3, 0.4) is 0 Å². The maximum atomic E-state index is 13.8. The van der Waals surface area contributed by atoms with Gasteiger partial charge in [0.1, 0.15) is 17.5 Å². The van der Waals surface area contributed by atoms with E-state index >= 15 is 0 Å². The first kappa shape index (κ1) is 24.4. The third-order valence-electron chi connectivity index (χ3n) is 6.89. The van der Waals surface area contributed by atoms with Crippen LogP contribution in [0, 0.1) is 5.92 Å². The number of thiazole rings is 1. The Hall–Kier alpha value is -2.93. The predicted octanol–water partition coefficient (Wildman–Crippen LogP) is 2.63. The first-order valence-corrected chi connectivity index (χ1v) is 14.4. The van der Waals surface area contributed by atoms with E-state index in [9.17, 15) is 19.2 Å². The van der Waals surface area contributed by atoms with Crippen LogP contribution in [0.15, 0.2) is 51.6 Å². The zero-order valence-corrected chi connectivity index (χ0v) is 22.3. The van der Waals surface area contributed by atoms with Crippen molar-refractivity contribution < 1.29 is 23.9 Å². The number of amides is 3. The lowest BCUT2D eigenvalue weighted by Crippen LogP contribution is -2.43. The highest BCUT2D eigenvalue weighted by Gasteiger charge is 2.57. The van der Waals surface area contributed by atoms with Crippen molar-refractivity contribution in [2.75, 3.05) is 38.3 Å². The smallest absolute Gasteiger partial charge is 0.308 e. The Balaban J connectivity index is 1.39. The molecule has 0 N–H and O–H groups in total. The highest BCUT2D eigenvalue weighted by atomic mass is 32.2. The number of nitrogens with zero attached hydrogens (tertiary/aromatic N) is 3. The second-order valence-corrected chi connectivity index (χ2v) is 12.0. The zero-order valence-electron chi connectivity index (χ0n) is 19.8. The summed E-state index contributed by atoms with van der Waals surface area (Å²) in [6.45, 7) is 1.81. The fourth-order valence-corrected chi connectivity index (χ4v) is 8.79. The average molecular weight is 558 g/mol. The quantitative estimate of drug-likeness (QED) is 0.445. The third-order valence-corrected chi connectivity index (χ3v) is 10.4. The lowest BCUT2D eigenvalue weighted by molar-refractivity contribution is -0.136. The van der Waals surface area contributed by atoms with Gasteiger partial charge in [-0.25, -0.2) is 4.90 Å². The number of morpholine rings is 1. The van der Waals surface area contributed by atoms with E-state index in [1.165, 1.54) is 32.6 Å². The molecule has 5 heterocycles. The predicted molar refractivity (Wildman–Crippen MR) is 141 cm³/mol. The molecule has 2 saturated heterocycles. The summed E-state index contributed by atoms with van der Waals surface area (Å²) in [7, 11) is 1.56. The van der Waals surface area contributed by atoms with Crippen LogP contribution in [0.1, 0.15) is 15.7 Å². The SMILES string of the molecule is COc1ccc(N2C(=O)C3Sc4c(sc(=O)n4CC(=O)N4CCOCC4)C(c4cccs4)C3C2=O)cc1. The van der Waals surface area contributed by atoms with E-state index in [4.69, 9.17) is 9.47 Å². The molecule has 9 nitrogen and oxygen atoms in total. The number of methoxy groups -OCH3 is 1. The number of benzene rings is 1. The topological polar surface area (TPSA) is 98.2 Å². The number of carbonyl (C=O) groups excluding carboxylic acids is 3. The van der Waals surface area contributed by atoms with E-state index in [1.807, 2.05) is 17.5 Å². The number of thioether (sulfide) groups is 1. The Bertz CT molecular complexity index is 1410. The third kappa shape index (κ3) is 4.12. The highest BCUT2D eigenvalue weighted by molar-refractivity contribution is 8.00. The molecule has 0 bridgehead atoms. The summed E-state index contributed by atoms with van der Waals surface area (Å²) in [5, 5.41) is 1.83. The number of rotatable bonds is 5. The van der Waals surface area contributed by atoms with Gasteiger partial charge in [0.2, 0.25) is 17.7 Å². The lowest BCUT2D eigenvalue weighted by Gasteiger charge is -2.30. The molecule has 3 amide bonds. The monoisotopic (exact) mass is 557 g/mol. The minimum Gasteiger partial charge on any atom is -0.497 e. The van der Waals surface area contributed by atoms with Crippen LogP contribution in [-0.2, 0) is 25.7 Å². The van der Waals surface area contributed by atoms with Crippen molar-refractivity contribution in [2.45, 2.75) is 22.7 Å². The van der Waals surface area contributed by atoms with Gasteiger partial charge in [0, 0.05) is 28.8 Å². The van der Waals surface area contributed by atoms with E-state index in [-0.39, 0.29) is 29.1 Å². The van der Waals surface area contributed by atoms with Gasteiger partial charge >= 0.3 is 4.87 Å². The van der Waals surface area contributed by atoms with E-state index < -0.39 is 17.1 Å². The van der Waals surface area contributed by atoms with Gasteiger partial charge in [0.25, 0.3) is 0 Å². The van der Waals surface area contributed by atoms with Crippen LogP contribution in [0.5, 0.6) is 5.75 Å². The first-order chi connectivity index (χ1) is 18.0. The van der Waals surface area contributed by atoms with Gasteiger partial charge in [-0.2, -0.15) is 0 Å². The van der Waals surface area contributed by atoms with Crippen molar-refractivity contribution >= 4 is 57.8 Å². The van der Waals surface area contributed by atoms with Crippen molar-refractivity contribution in [3.63, 3.8) is 0 Å². The molecule has 0 saturated carbocycles. The number of thiophene rings is 1. The second-order valence-electron chi connectivity index (χ2n) is 8.88. The largest absolute Gasteiger partial charge is 0.497 e. The van der Waals surface area contributed by atoms with Gasteiger partial charge in [-0.15, -0.1) is 11.3 Å². The summed E-state index contributed by atoms with van der Waals surface area (Å²) in [6.07, 6.45) is 0. The van der Waals surface area contributed by atoms with Gasteiger partial charge in [-0.1, -0.05) is 29.2 Å². The molecular formula is C25H23N3O6S3. The van der Waals surface area contributed by atoms with E-state index in [0.29, 0.717) is 42.8 Å². The molecule has 2 fully saturated rings. The van der Waals surface area contributed by atoms with Crippen LogP contribution in [0.4, 0.5) is 5.69 Å². The number of aromatic nitrogens is 1. The molecule has 3 aliphatic rings. The molecule has 37 heavy (non-hydrogen) atoms. The molecule has 3 aliphatic heterocycles. The lowest BCUT2D eigenvalue weighted by atomic mass is 9.87. The number of ether oxygens (including phenoxy) is 2. The highest BCUT2D eigenvalue weighted by Crippen LogP contribution is 2.54. The number of hydrogen-bond acceptors (Lipinski definition) is 9. The molecule has 2 aromatic heterocycles.